The van der Waals surface area contributed by atoms with Crippen molar-refractivity contribution in [3.05, 3.63) is 40.5 Å². The monoisotopic (exact) mass is 228 g/mol. The summed E-state index contributed by atoms with van der Waals surface area (Å²) < 4.78 is 37.2. The van der Waals surface area contributed by atoms with Crippen LogP contribution < -0.4 is 0 Å². The molecular weight excluding hydrogens is 213 g/mol. The molecule has 3 heteroatoms. The molecule has 0 nitrogen and oxygen atoms in total. The molecule has 1 aliphatic rings. The van der Waals surface area contributed by atoms with Gasteiger partial charge in [0.2, 0.25) is 0 Å². The van der Waals surface area contributed by atoms with Crippen LogP contribution in [-0.4, -0.2) is 6.18 Å². The Morgan fingerprint density at radius 1 is 1.12 bits per heavy atom. The molecule has 0 fully saturated rings. The molecule has 0 N–H and O–H groups in total. The second-order valence-corrected chi connectivity index (χ2v) is 3.49. The standard InChI is InChI=1S/C11H9F3.C2H6/c1-7-3-2-4-8-5-9(6-10(7)8)11(12,13)14;1-2/h2-4,6H,5H2,1H3;1-2H3. The Kier molecular flexibility index (Phi) is 3.79. The van der Waals surface area contributed by atoms with Crippen molar-refractivity contribution in [2.45, 2.75) is 33.4 Å². The molecule has 2 rings (SSSR count). The maximum Gasteiger partial charge on any atom is 0.413 e. The van der Waals surface area contributed by atoms with Crippen molar-refractivity contribution >= 4 is 6.08 Å². The molecule has 1 aliphatic carbocycles. The molecule has 0 aromatic heterocycles. The Morgan fingerprint density at radius 3 is 2.25 bits per heavy atom. The van der Waals surface area contributed by atoms with E-state index in [0.29, 0.717) is 0 Å². The maximum atomic E-state index is 12.4. The van der Waals surface area contributed by atoms with Crippen LogP contribution in [0.5, 0.6) is 0 Å². The predicted molar refractivity (Wildman–Crippen MR) is 60.3 cm³/mol. The summed E-state index contributed by atoms with van der Waals surface area (Å²) >= 11 is 0. The molecule has 88 valence electrons. The lowest BCUT2D eigenvalue weighted by molar-refractivity contribution is -0.0918. The van der Waals surface area contributed by atoms with E-state index < -0.39 is 11.7 Å². The highest BCUT2D eigenvalue weighted by atomic mass is 19.4. The zero-order valence-electron chi connectivity index (χ0n) is 9.65. The van der Waals surface area contributed by atoms with Gasteiger partial charge in [0, 0.05) is 12.0 Å². The fourth-order valence-electron chi connectivity index (χ4n) is 1.71. The van der Waals surface area contributed by atoms with Gasteiger partial charge in [-0.1, -0.05) is 32.0 Å². The second-order valence-electron chi connectivity index (χ2n) is 3.49. The molecule has 0 heterocycles. The minimum Gasteiger partial charge on any atom is -0.166 e. The van der Waals surface area contributed by atoms with Crippen LogP contribution in [-0.2, 0) is 6.42 Å². The fraction of sp³-hybridized carbons (Fsp3) is 0.385. The van der Waals surface area contributed by atoms with Crippen molar-refractivity contribution in [3.63, 3.8) is 0 Å². The fourth-order valence-corrected chi connectivity index (χ4v) is 1.71. The third-order valence-corrected chi connectivity index (χ3v) is 2.48. The van der Waals surface area contributed by atoms with Gasteiger partial charge in [0.05, 0.1) is 0 Å². The average molecular weight is 228 g/mol. The molecule has 0 spiro atoms. The van der Waals surface area contributed by atoms with Crippen molar-refractivity contribution in [2.75, 3.05) is 0 Å². The van der Waals surface area contributed by atoms with E-state index in [4.69, 9.17) is 0 Å². The number of allylic oxidation sites excluding steroid dienone is 1. The number of aryl methyl sites for hydroxylation is 1. The lowest BCUT2D eigenvalue weighted by Crippen LogP contribution is -2.11. The summed E-state index contributed by atoms with van der Waals surface area (Å²) in [5, 5.41) is 0. The summed E-state index contributed by atoms with van der Waals surface area (Å²) in [6.07, 6.45) is -2.92. The number of alkyl halides is 3. The summed E-state index contributed by atoms with van der Waals surface area (Å²) in [6, 6.07) is 5.37. The predicted octanol–water partition coefficient (Wildman–Crippen LogP) is 4.52. The first kappa shape index (κ1) is 12.8. The van der Waals surface area contributed by atoms with E-state index in [9.17, 15) is 13.2 Å². The zero-order chi connectivity index (χ0) is 12.3. The average Bonchev–Trinajstić information content (AvgIpc) is 2.65. The van der Waals surface area contributed by atoms with Crippen LogP contribution in [0.2, 0.25) is 0 Å². The molecule has 0 radical (unpaired) electrons. The Balaban J connectivity index is 0.000000606. The van der Waals surface area contributed by atoms with Gasteiger partial charge in [-0.05, 0) is 29.7 Å². The number of halogens is 3. The summed E-state index contributed by atoms with van der Waals surface area (Å²) in [7, 11) is 0. The highest BCUT2D eigenvalue weighted by molar-refractivity contribution is 5.67. The minimum absolute atomic E-state index is 0.0144. The van der Waals surface area contributed by atoms with Gasteiger partial charge in [-0.25, -0.2) is 0 Å². The highest BCUT2D eigenvalue weighted by Crippen LogP contribution is 2.36. The van der Waals surface area contributed by atoms with Crippen LogP contribution in [0.1, 0.15) is 30.5 Å². The van der Waals surface area contributed by atoms with Gasteiger partial charge in [0.1, 0.15) is 0 Å². The number of fused-ring (bicyclic) bond motifs is 1. The van der Waals surface area contributed by atoms with Gasteiger partial charge in [-0.3, -0.25) is 0 Å². The van der Waals surface area contributed by atoms with Crippen molar-refractivity contribution in [1.82, 2.24) is 0 Å². The number of benzene rings is 1. The summed E-state index contributed by atoms with van der Waals surface area (Å²) in [5.74, 6) is 0. The molecule has 16 heavy (non-hydrogen) atoms. The van der Waals surface area contributed by atoms with Crippen molar-refractivity contribution in [3.8, 4) is 0 Å². The molecule has 0 unspecified atom stereocenters. The van der Waals surface area contributed by atoms with E-state index in [1.54, 1.807) is 12.1 Å². The van der Waals surface area contributed by atoms with Gasteiger partial charge >= 0.3 is 6.18 Å². The Bertz CT molecular complexity index is 400. The largest absolute Gasteiger partial charge is 0.413 e. The number of rotatable bonds is 0. The van der Waals surface area contributed by atoms with Gasteiger partial charge in [-0.15, -0.1) is 0 Å². The normalized spacial score (nSPS) is 13.8. The SMILES string of the molecule is CC.Cc1cccc2c1C=C(C(F)(F)F)C2. The van der Waals surface area contributed by atoms with Crippen molar-refractivity contribution < 1.29 is 13.2 Å². The molecule has 0 atom stereocenters. The van der Waals surface area contributed by atoms with E-state index in [0.717, 1.165) is 16.7 Å². The molecule has 1 aromatic carbocycles. The van der Waals surface area contributed by atoms with Gasteiger partial charge in [0.15, 0.2) is 0 Å². The quantitative estimate of drug-likeness (QED) is 0.612. The Hall–Kier alpha value is -1.25. The molecule has 0 saturated heterocycles. The lowest BCUT2D eigenvalue weighted by atomic mass is 10.1. The lowest BCUT2D eigenvalue weighted by Gasteiger charge is -2.05. The topological polar surface area (TPSA) is 0 Å². The summed E-state index contributed by atoms with van der Waals surface area (Å²) in [5.41, 5.74) is 1.97. The van der Waals surface area contributed by atoms with Crippen LogP contribution >= 0.6 is 0 Å². The molecule has 0 amide bonds. The van der Waals surface area contributed by atoms with Gasteiger partial charge in [-0.2, -0.15) is 13.2 Å². The first-order valence-corrected chi connectivity index (χ1v) is 5.35. The smallest absolute Gasteiger partial charge is 0.166 e. The Labute approximate surface area is 93.8 Å². The minimum atomic E-state index is -4.19. The maximum absolute atomic E-state index is 12.4. The van der Waals surface area contributed by atoms with Crippen LogP contribution in [0.15, 0.2) is 23.8 Å². The van der Waals surface area contributed by atoms with Gasteiger partial charge < -0.3 is 0 Å². The number of hydrogen-bond donors (Lipinski definition) is 0. The van der Waals surface area contributed by atoms with E-state index in [2.05, 4.69) is 0 Å². The first-order valence-electron chi connectivity index (χ1n) is 5.35. The second kappa shape index (κ2) is 4.73. The summed E-state index contributed by atoms with van der Waals surface area (Å²) in [6.45, 7) is 5.83. The number of hydrogen-bond acceptors (Lipinski definition) is 0. The molecule has 0 aliphatic heterocycles. The molecule has 1 aromatic rings. The third kappa shape index (κ3) is 2.46. The molecular formula is C13H15F3. The molecule has 0 bridgehead atoms. The van der Waals surface area contributed by atoms with E-state index >= 15 is 0 Å². The van der Waals surface area contributed by atoms with E-state index in [-0.39, 0.29) is 6.42 Å². The third-order valence-electron chi connectivity index (χ3n) is 2.48. The van der Waals surface area contributed by atoms with Gasteiger partial charge in [0.25, 0.3) is 0 Å². The Morgan fingerprint density at radius 2 is 1.75 bits per heavy atom. The van der Waals surface area contributed by atoms with E-state index in [1.807, 2.05) is 26.8 Å². The van der Waals surface area contributed by atoms with E-state index in [1.165, 1.54) is 6.08 Å². The first-order chi connectivity index (χ1) is 7.48. The zero-order valence-corrected chi connectivity index (χ0v) is 9.65. The van der Waals surface area contributed by atoms with Crippen molar-refractivity contribution in [1.29, 1.82) is 0 Å². The van der Waals surface area contributed by atoms with Crippen molar-refractivity contribution in [2.24, 2.45) is 0 Å². The van der Waals surface area contributed by atoms with Crippen LogP contribution in [0, 0.1) is 6.92 Å². The molecule has 0 saturated carbocycles. The summed E-state index contributed by atoms with van der Waals surface area (Å²) in [4.78, 5) is 0. The van der Waals surface area contributed by atoms with Crippen LogP contribution in [0.4, 0.5) is 13.2 Å². The van der Waals surface area contributed by atoms with Crippen LogP contribution in [0.25, 0.3) is 6.08 Å². The highest BCUT2D eigenvalue weighted by Gasteiger charge is 2.36. The van der Waals surface area contributed by atoms with Crippen LogP contribution in [0.3, 0.4) is 0 Å².